The number of aliphatic imine (C=N–C) groups is 1. The maximum atomic E-state index is 13.8. The van der Waals surface area contributed by atoms with Gasteiger partial charge in [-0.3, -0.25) is 0 Å². The fourth-order valence-electron chi connectivity index (χ4n) is 3.30. The molecule has 3 rings (SSSR count). The number of rotatable bonds is 4. The van der Waals surface area contributed by atoms with Crippen molar-refractivity contribution < 1.29 is 4.39 Å². The Kier molecular flexibility index (Phi) is 7.23. The van der Waals surface area contributed by atoms with E-state index in [4.69, 9.17) is 40.5 Å². The van der Waals surface area contributed by atoms with Gasteiger partial charge in [0.25, 0.3) is 0 Å². The first-order chi connectivity index (χ1) is 14.3. The summed E-state index contributed by atoms with van der Waals surface area (Å²) in [7, 11) is 0. The van der Waals surface area contributed by atoms with Crippen molar-refractivity contribution in [1.29, 1.82) is 0 Å². The number of amidine groups is 1. The zero-order chi connectivity index (χ0) is 21.8. The van der Waals surface area contributed by atoms with Crippen molar-refractivity contribution in [2.45, 2.75) is 13.0 Å². The Morgan fingerprint density at radius 1 is 1.30 bits per heavy atom. The van der Waals surface area contributed by atoms with Crippen LogP contribution in [0.4, 0.5) is 10.2 Å². The molecule has 1 aliphatic rings. The molecule has 158 valence electrons. The van der Waals surface area contributed by atoms with Crippen LogP contribution in [-0.2, 0) is 0 Å². The van der Waals surface area contributed by atoms with Crippen molar-refractivity contribution in [3.8, 4) is 0 Å². The molecule has 1 aliphatic heterocycles. The molecule has 0 unspecified atom stereocenters. The first-order valence-electron chi connectivity index (χ1n) is 9.24. The van der Waals surface area contributed by atoms with Crippen molar-refractivity contribution >= 4 is 52.2 Å². The van der Waals surface area contributed by atoms with Crippen LogP contribution in [0.5, 0.6) is 0 Å². The van der Waals surface area contributed by atoms with E-state index in [2.05, 4.69) is 33.3 Å². The molecule has 9 heteroatoms. The summed E-state index contributed by atoms with van der Waals surface area (Å²) in [4.78, 5) is 12.9. The number of piperazine rings is 1. The molecule has 1 atom stereocenters. The average Bonchev–Trinajstić information content (AvgIpc) is 2.69. The molecule has 0 saturated carbocycles. The molecule has 1 saturated heterocycles. The lowest BCUT2D eigenvalue weighted by molar-refractivity contribution is 0.298. The van der Waals surface area contributed by atoms with Crippen LogP contribution in [0.25, 0.3) is 5.70 Å². The number of hydrogen-bond acceptors (Lipinski definition) is 4. The van der Waals surface area contributed by atoms with Crippen LogP contribution < -0.4 is 10.6 Å². The Labute approximate surface area is 190 Å². The number of nitrogens with two attached hydrogens (primary N) is 1. The lowest BCUT2D eigenvalue weighted by atomic mass is 10.1. The van der Waals surface area contributed by atoms with Crippen molar-refractivity contribution in [2.24, 2.45) is 10.7 Å². The van der Waals surface area contributed by atoms with Crippen molar-refractivity contribution in [1.82, 2.24) is 9.88 Å². The number of hydrogen-bond donors (Lipinski definition) is 1. The minimum atomic E-state index is -0.542. The monoisotopic (exact) mass is 467 g/mol. The van der Waals surface area contributed by atoms with Gasteiger partial charge >= 0.3 is 0 Å². The third-order valence-electron chi connectivity index (χ3n) is 4.73. The van der Waals surface area contributed by atoms with Crippen LogP contribution in [0, 0.1) is 5.82 Å². The zero-order valence-electron chi connectivity index (χ0n) is 16.3. The number of benzene rings is 1. The number of anilines is 1. The van der Waals surface area contributed by atoms with Crippen LogP contribution in [-0.4, -0.2) is 41.4 Å². The molecule has 0 bridgehead atoms. The van der Waals surface area contributed by atoms with Gasteiger partial charge in [-0.25, -0.2) is 14.4 Å². The molecular weight excluding hydrogens is 448 g/mol. The topological polar surface area (TPSA) is 57.8 Å². The first kappa shape index (κ1) is 22.4. The standard InChI is InChI=1S/C21H21Cl3FN5/c1-13-12-29(21-17(24)4-3-7-27-21)8-9-30(13)20(28-14(2)22)11-19(26)15-5-6-16(23)18(25)10-15/h3-7,10-11,13H,2,8-9,12,26H2,1H3/b19-11-,28-20+/t13-/m0/s1. The van der Waals surface area contributed by atoms with Crippen LogP contribution in [0.3, 0.4) is 0 Å². The van der Waals surface area contributed by atoms with E-state index in [1.165, 1.54) is 12.1 Å². The molecule has 30 heavy (non-hydrogen) atoms. The quantitative estimate of drug-likeness (QED) is 0.383. The highest BCUT2D eigenvalue weighted by Gasteiger charge is 2.27. The highest BCUT2D eigenvalue weighted by molar-refractivity contribution is 6.33. The maximum absolute atomic E-state index is 13.8. The maximum Gasteiger partial charge on any atom is 0.147 e. The van der Waals surface area contributed by atoms with Crippen molar-refractivity contribution in [3.63, 3.8) is 0 Å². The van der Waals surface area contributed by atoms with Gasteiger partial charge in [0, 0.05) is 49.2 Å². The predicted octanol–water partition coefficient (Wildman–Crippen LogP) is 5.15. The number of nitrogens with zero attached hydrogens (tertiary/aromatic N) is 4. The largest absolute Gasteiger partial charge is 0.398 e. The van der Waals surface area contributed by atoms with E-state index < -0.39 is 5.82 Å². The Morgan fingerprint density at radius 2 is 2.07 bits per heavy atom. The van der Waals surface area contributed by atoms with E-state index in [1.807, 2.05) is 6.07 Å². The summed E-state index contributed by atoms with van der Waals surface area (Å²) >= 11 is 18.0. The second-order valence-electron chi connectivity index (χ2n) is 6.87. The van der Waals surface area contributed by atoms with E-state index in [0.29, 0.717) is 41.8 Å². The van der Waals surface area contributed by atoms with Gasteiger partial charge in [-0.1, -0.05) is 47.4 Å². The summed E-state index contributed by atoms with van der Waals surface area (Å²) in [6.07, 6.45) is 3.38. The molecule has 0 amide bonds. The SMILES string of the molecule is C=C(Cl)/N=C(\C=C(/N)c1ccc(Cl)c(F)c1)N1CCN(c2ncccc2Cl)C[C@@H]1C. The van der Waals surface area contributed by atoms with Crippen LogP contribution in [0.1, 0.15) is 12.5 Å². The van der Waals surface area contributed by atoms with Gasteiger partial charge < -0.3 is 15.5 Å². The van der Waals surface area contributed by atoms with E-state index in [0.717, 1.165) is 5.82 Å². The Morgan fingerprint density at radius 3 is 2.70 bits per heavy atom. The van der Waals surface area contributed by atoms with E-state index in [1.54, 1.807) is 24.4 Å². The summed E-state index contributed by atoms with van der Waals surface area (Å²) in [5, 5.41) is 0.765. The highest BCUT2D eigenvalue weighted by Crippen LogP contribution is 2.26. The molecule has 0 radical (unpaired) electrons. The summed E-state index contributed by atoms with van der Waals surface area (Å²) in [5.41, 5.74) is 7.05. The fraction of sp³-hybridized carbons (Fsp3) is 0.238. The van der Waals surface area contributed by atoms with Gasteiger partial charge in [0.1, 0.15) is 22.6 Å². The molecule has 2 N–H and O–H groups in total. The lowest BCUT2D eigenvalue weighted by Crippen LogP contribution is -2.54. The summed E-state index contributed by atoms with van der Waals surface area (Å²) < 4.78 is 13.8. The summed E-state index contributed by atoms with van der Waals surface area (Å²) in [5.74, 6) is 0.750. The van der Waals surface area contributed by atoms with E-state index in [-0.39, 0.29) is 16.2 Å². The number of pyridine rings is 1. The van der Waals surface area contributed by atoms with Crippen LogP contribution in [0.15, 0.2) is 59.3 Å². The van der Waals surface area contributed by atoms with Gasteiger partial charge in [-0.2, -0.15) is 0 Å². The molecule has 2 aromatic rings. The number of aromatic nitrogens is 1. The minimum Gasteiger partial charge on any atom is -0.398 e. The van der Waals surface area contributed by atoms with Crippen LogP contribution in [0.2, 0.25) is 10.0 Å². The Balaban J connectivity index is 1.85. The smallest absolute Gasteiger partial charge is 0.147 e. The van der Waals surface area contributed by atoms with Gasteiger partial charge in [-0.05, 0) is 31.2 Å². The van der Waals surface area contributed by atoms with Gasteiger partial charge in [-0.15, -0.1) is 0 Å². The first-order valence-corrected chi connectivity index (χ1v) is 10.4. The third kappa shape index (κ3) is 5.25. The molecular formula is C21H21Cl3FN5. The Bertz CT molecular complexity index is 1010. The highest BCUT2D eigenvalue weighted by atomic mass is 35.5. The van der Waals surface area contributed by atoms with Crippen molar-refractivity contribution in [3.05, 3.63) is 75.8 Å². The van der Waals surface area contributed by atoms with Crippen molar-refractivity contribution in [2.75, 3.05) is 24.5 Å². The molecule has 1 aromatic carbocycles. The molecule has 0 spiro atoms. The zero-order valence-corrected chi connectivity index (χ0v) is 18.6. The third-order valence-corrected chi connectivity index (χ3v) is 5.42. The fourth-order valence-corrected chi connectivity index (χ4v) is 3.75. The van der Waals surface area contributed by atoms with E-state index >= 15 is 0 Å². The molecule has 1 fully saturated rings. The minimum absolute atomic E-state index is 0.0347. The van der Waals surface area contributed by atoms with Gasteiger partial charge in [0.2, 0.25) is 0 Å². The predicted molar refractivity (Wildman–Crippen MR) is 124 cm³/mol. The normalized spacial score (nSPS) is 18.0. The van der Waals surface area contributed by atoms with Gasteiger partial charge in [0.15, 0.2) is 0 Å². The molecule has 1 aromatic heterocycles. The summed E-state index contributed by atoms with van der Waals surface area (Å²) in [6.45, 7) is 7.71. The molecule has 2 heterocycles. The molecule has 5 nitrogen and oxygen atoms in total. The van der Waals surface area contributed by atoms with E-state index in [9.17, 15) is 4.39 Å². The number of halogens is 4. The second kappa shape index (κ2) is 9.69. The van der Waals surface area contributed by atoms with Crippen LogP contribution >= 0.6 is 34.8 Å². The summed E-state index contributed by atoms with van der Waals surface area (Å²) in [6, 6.07) is 8.07. The lowest BCUT2D eigenvalue weighted by Gasteiger charge is -2.41. The average molecular weight is 469 g/mol. The second-order valence-corrected chi connectivity index (χ2v) is 8.12. The Hall–Kier alpha value is -2.28. The van der Waals surface area contributed by atoms with Gasteiger partial charge in [0.05, 0.1) is 10.0 Å². The molecule has 0 aliphatic carbocycles.